The molecule has 0 heterocycles. The van der Waals surface area contributed by atoms with Crippen LogP contribution in [0, 0.1) is 0 Å². The molecule has 15 heavy (non-hydrogen) atoms. The van der Waals surface area contributed by atoms with Gasteiger partial charge in [0, 0.05) is 0 Å². The Kier molecular flexibility index (Phi) is 5.01. The Labute approximate surface area is 101 Å². The van der Waals surface area contributed by atoms with Crippen LogP contribution in [0.25, 0.3) is 0 Å². The summed E-state index contributed by atoms with van der Waals surface area (Å²) in [7, 11) is 5.95. The molecular formula is C12H20BiNO. The second-order valence-electron chi connectivity index (χ2n) is 4.13. The van der Waals surface area contributed by atoms with Crippen molar-refractivity contribution >= 4 is 25.0 Å². The summed E-state index contributed by atoms with van der Waals surface area (Å²) < 4.78 is 11.7. The van der Waals surface area contributed by atoms with E-state index < -0.39 is 21.8 Å². The van der Waals surface area contributed by atoms with E-state index in [2.05, 4.69) is 46.5 Å². The molecule has 0 saturated carbocycles. The summed E-state index contributed by atoms with van der Waals surface area (Å²) in [4.78, 5) is 2.21. The molecule has 0 aromatic heterocycles. The molecule has 0 aliphatic heterocycles. The molecule has 0 N–H and O–H groups in total. The molecular weight excluding hydrogens is 383 g/mol. The third-order valence-electron chi connectivity index (χ3n) is 2.26. The number of rotatable bonds is 4. The molecule has 84 valence electrons. The molecule has 0 aliphatic carbocycles. The predicted molar refractivity (Wildman–Crippen MR) is 67.5 cm³/mol. The summed E-state index contributed by atoms with van der Waals surface area (Å²) in [6.45, 7) is 1.01. The molecule has 2 nitrogen and oxygen atoms in total. The van der Waals surface area contributed by atoms with Gasteiger partial charge in [0.05, 0.1) is 0 Å². The summed E-state index contributed by atoms with van der Waals surface area (Å²) >= 11 is -1.35. The Bertz CT molecular complexity index is 323. The van der Waals surface area contributed by atoms with Crippen molar-refractivity contribution in [3.8, 4) is 5.75 Å². The summed E-state index contributed by atoms with van der Waals surface area (Å²) in [5.74, 6) is 0.974. The van der Waals surface area contributed by atoms with Crippen molar-refractivity contribution in [2.24, 2.45) is 0 Å². The number of hydrogen-bond acceptors (Lipinski definition) is 2. The summed E-state index contributed by atoms with van der Waals surface area (Å²) in [6, 6.07) is 6.53. The molecule has 1 aromatic rings. The van der Waals surface area contributed by atoms with Crippen LogP contribution in [0.4, 0.5) is 0 Å². The van der Waals surface area contributed by atoms with Gasteiger partial charge in [-0.3, -0.25) is 0 Å². The average molecular weight is 403 g/mol. The summed E-state index contributed by atoms with van der Waals surface area (Å²) in [6.07, 6.45) is 0. The number of nitrogens with zero attached hydrogens (tertiary/aromatic N) is 1. The summed E-state index contributed by atoms with van der Waals surface area (Å²) in [5, 5.41) is 0. The average Bonchev–Trinajstić information content (AvgIpc) is 2.16. The van der Waals surface area contributed by atoms with Crippen molar-refractivity contribution in [1.82, 2.24) is 4.90 Å². The van der Waals surface area contributed by atoms with Gasteiger partial charge in [0.2, 0.25) is 0 Å². The number of ether oxygens (including phenoxy) is 1. The molecule has 0 spiro atoms. The van der Waals surface area contributed by atoms with E-state index >= 15 is 0 Å². The molecule has 0 unspecified atom stereocenters. The minimum absolute atomic E-state index is 0.974. The van der Waals surface area contributed by atoms with Crippen molar-refractivity contribution in [2.45, 2.75) is 15.8 Å². The molecule has 0 amide bonds. The van der Waals surface area contributed by atoms with Crippen LogP contribution < -0.4 is 8.01 Å². The van der Waals surface area contributed by atoms with Crippen molar-refractivity contribution in [3.63, 3.8) is 0 Å². The van der Waals surface area contributed by atoms with Crippen molar-refractivity contribution in [1.29, 1.82) is 0 Å². The van der Waals surface area contributed by atoms with Crippen molar-refractivity contribution in [3.05, 3.63) is 23.8 Å². The molecule has 0 bridgehead atoms. The topological polar surface area (TPSA) is 12.5 Å². The van der Waals surface area contributed by atoms with Gasteiger partial charge in [-0.25, -0.2) is 0 Å². The van der Waals surface area contributed by atoms with Crippen LogP contribution >= 0.6 is 0 Å². The van der Waals surface area contributed by atoms with E-state index in [1.807, 2.05) is 0 Å². The van der Waals surface area contributed by atoms with Gasteiger partial charge < -0.3 is 0 Å². The minimum atomic E-state index is -1.35. The second-order valence-corrected chi connectivity index (χ2v) is 13.0. The van der Waals surface area contributed by atoms with Gasteiger partial charge in [0.15, 0.2) is 0 Å². The maximum atomic E-state index is 5.28. The summed E-state index contributed by atoms with van der Waals surface area (Å²) in [5.41, 5.74) is 1.45. The van der Waals surface area contributed by atoms with Crippen LogP contribution in [-0.4, -0.2) is 47.9 Å². The van der Waals surface area contributed by atoms with Gasteiger partial charge in [0.1, 0.15) is 0 Å². The third kappa shape index (κ3) is 3.73. The molecule has 0 saturated heterocycles. The third-order valence-corrected chi connectivity index (χ3v) is 7.70. The van der Waals surface area contributed by atoms with Gasteiger partial charge >= 0.3 is 101 Å². The first-order valence-corrected chi connectivity index (χ1v) is 13.7. The predicted octanol–water partition coefficient (Wildman–Crippen LogP) is 1.72. The van der Waals surface area contributed by atoms with Crippen LogP contribution in [0.1, 0.15) is 5.56 Å². The van der Waals surface area contributed by atoms with Gasteiger partial charge in [0.25, 0.3) is 0 Å². The van der Waals surface area contributed by atoms with Crippen LogP contribution in [0.3, 0.4) is 0 Å². The molecule has 0 atom stereocenters. The Hall–Kier alpha value is -0.137. The zero-order chi connectivity index (χ0) is 11.4. The molecule has 0 aliphatic rings. The van der Waals surface area contributed by atoms with Crippen LogP contribution in [0.15, 0.2) is 18.2 Å². The van der Waals surface area contributed by atoms with Gasteiger partial charge in [-0.05, 0) is 0 Å². The van der Waals surface area contributed by atoms with Crippen LogP contribution in [0.5, 0.6) is 5.75 Å². The van der Waals surface area contributed by atoms with E-state index in [0.29, 0.717) is 0 Å². The van der Waals surface area contributed by atoms with Gasteiger partial charge in [-0.2, -0.15) is 0 Å². The Morgan fingerprint density at radius 1 is 1.27 bits per heavy atom. The van der Waals surface area contributed by atoms with E-state index in [4.69, 9.17) is 4.74 Å². The van der Waals surface area contributed by atoms with Gasteiger partial charge in [-0.1, -0.05) is 0 Å². The van der Waals surface area contributed by atoms with Crippen molar-refractivity contribution in [2.75, 3.05) is 21.2 Å². The van der Waals surface area contributed by atoms with Crippen LogP contribution in [0.2, 0.25) is 9.26 Å². The SMILES string of the molecule is COc1cc[c]([Bi]([CH3])[CH3])c(CN(C)C)c1. The number of hydrogen-bond donors (Lipinski definition) is 0. The fourth-order valence-corrected chi connectivity index (χ4v) is 5.80. The monoisotopic (exact) mass is 403 g/mol. The normalized spacial score (nSPS) is 11.1. The number of benzene rings is 1. The van der Waals surface area contributed by atoms with Crippen molar-refractivity contribution < 1.29 is 4.74 Å². The Morgan fingerprint density at radius 2 is 1.93 bits per heavy atom. The fourth-order valence-electron chi connectivity index (χ4n) is 1.59. The number of methoxy groups -OCH3 is 1. The first-order valence-electron chi connectivity index (χ1n) is 5.03. The Morgan fingerprint density at radius 3 is 2.40 bits per heavy atom. The standard InChI is InChI=1S/C10H14NO.2CH3.Bi/c1-11(2)8-9-5-4-6-10(7-9)12-3;;;/h4,6-7H,8H2,1-3H3;2*1H3;. The van der Waals surface area contributed by atoms with E-state index in [9.17, 15) is 0 Å². The molecule has 0 fully saturated rings. The van der Waals surface area contributed by atoms with E-state index in [1.54, 1.807) is 10.4 Å². The molecule has 1 aromatic carbocycles. The van der Waals surface area contributed by atoms with Crippen LogP contribution in [-0.2, 0) is 6.54 Å². The van der Waals surface area contributed by atoms with E-state index in [-0.39, 0.29) is 0 Å². The second kappa shape index (κ2) is 5.81. The first kappa shape index (κ1) is 12.9. The zero-order valence-corrected chi connectivity index (χ0v) is 13.7. The molecule has 1 rings (SSSR count). The van der Waals surface area contributed by atoms with Gasteiger partial charge in [-0.15, -0.1) is 0 Å². The quantitative estimate of drug-likeness (QED) is 0.711. The Balaban J connectivity index is 3.05. The first-order chi connectivity index (χ1) is 7.04. The zero-order valence-electron chi connectivity index (χ0n) is 10.2. The van der Waals surface area contributed by atoms with E-state index in [1.165, 1.54) is 5.56 Å². The van der Waals surface area contributed by atoms with E-state index in [0.717, 1.165) is 12.3 Å². The molecule has 3 heteroatoms. The fraction of sp³-hybridized carbons (Fsp3) is 0.500. The molecule has 0 radical (unpaired) electrons. The maximum absolute atomic E-state index is 5.28.